The minimum atomic E-state index is -1.03. The molecule has 0 amide bonds. The number of aliphatic hydroxyl groups excluding tert-OH is 2. The number of aromatic nitrogens is 1. The molecule has 1 saturated heterocycles. The Morgan fingerprint density at radius 2 is 1.83 bits per heavy atom. The van der Waals surface area contributed by atoms with Gasteiger partial charge in [-0.05, 0) is 29.8 Å². The third kappa shape index (κ3) is 3.36. The van der Waals surface area contributed by atoms with E-state index in [9.17, 15) is 10.2 Å². The fraction of sp³-hybridized carbons (Fsp3) is 0.227. The van der Waals surface area contributed by atoms with Gasteiger partial charge in [-0.3, -0.25) is 10.4 Å². The molecule has 0 spiro atoms. The lowest BCUT2D eigenvalue weighted by molar-refractivity contribution is -0.0172. The molecule has 0 saturated carbocycles. The van der Waals surface area contributed by atoms with Crippen LogP contribution in [0.25, 0.3) is 11.1 Å². The first-order chi connectivity index (χ1) is 14.6. The number of rotatable bonds is 4. The number of aliphatic imine (C=N–C) groups is 1. The summed E-state index contributed by atoms with van der Waals surface area (Å²) in [5.74, 6) is 0.803. The summed E-state index contributed by atoms with van der Waals surface area (Å²) >= 11 is 6.01. The first-order valence-electron chi connectivity index (χ1n) is 9.69. The molecule has 1 fully saturated rings. The average Bonchev–Trinajstić information content (AvgIpc) is 3.31. The number of anilines is 2. The van der Waals surface area contributed by atoms with Crippen molar-refractivity contribution in [3.8, 4) is 11.1 Å². The van der Waals surface area contributed by atoms with E-state index in [2.05, 4.69) is 10.4 Å². The van der Waals surface area contributed by atoms with Crippen molar-refractivity contribution < 1.29 is 14.9 Å². The van der Waals surface area contributed by atoms with Crippen LogP contribution >= 0.6 is 11.6 Å². The number of fused-ring (bicyclic) bond motifs is 1. The van der Waals surface area contributed by atoms with E-state index in [1.807, 2.05) is 76.6 Å². The molecular formula is C22H21ClN4O3. The number of hydrogen-bond acceptors (Lipinski definition) is 6. The van der Waals surface area contributed by atoms with Crippen LogP contribution in [0.1, 0.15) is 11.8 Å². The summed E-state index contributed by atoms with van der Waals surface area (Å²) in [6, 6.07) is 17.4. The Labute approximate surface area is 178 Å². The fourth-order valence-electron chi connectivity index (χ4n) is 3.86. The zero-order valence-corrected chi connectivity index (χ0v) is 16.8. The van der Waals surface area contributed by atoms with E-state index in [1.165, 1.54) is 0 Å². The number of benzene rings is 2. The van der Waals surface area contributed by atoms with Gasteiger partial charge in [-0.2, -0.15) is 0 Å². The van der Waals surface area contributed by atoms with Crippen molar-refractivity contribution in [3.05, 3.63) is 71.4 Å². The highest BCUT2D eigenvalue weighted by Gasteiger charge is 2.39. The normalized spacial score (nSPS) is 22.9. The summed E-state index contributed by atoms with van der Waals surface area (Å²) in [7, 11) is 0. The molecule has 0 aliphatic carbocycles. The van der Waals surface area contributed by atoms with E-state index in [0.717, 1.165) is 28.2 Å². The second-order valence-corrected chi connectivity index (χ2v) is 7.77. The standard InChI is InChI=1S/C22H21ClN4O3/c23-15-6-8-16(9-7-15)25-27-13-24-10-17-18(14-4-2-1-3-5-14)11-26(21(17)27)22-20(29)19(28)12-30-22/h1-11,19-20,22,25,28-29H,12-13H2/t19-,20-,22-/m1/s1. The first-order valence-corrected chi connectivity index (χ1v) is 10.1. The average molecular weight is 425 g/mol. The largest absolute Gasteiger partial charge is 0.388 e. The van der Waals surface area contributed by atoms with E-state index < -0.39 is 18.4 Å². The Balaban J connectivity index is 1.61. The summed E-state index contributed by atoms with van der Waals surface area (Å²) < 4.78 is 7.61. The number of ether oxygens (including phenoxy) is 1. The highest BCUT2D eigenvalue weighted by molar-refractivity contribution is 6.30. The molecule has 0 radical (unpaired) electrons. The SMILES string of the molecule is O[C@@H]1[C@H](O)CO[C@H]1n1cc(-c2ccccc2)c2c1N(Nc1ccc(Cl)cc1)CN=C2. The molecule has 3 aromatic rings. The molecule has 3 atom stereocenters. The number of hydrazine groups is 1. The molecule has 5 rings (SSSR count). The summed E-state index contributed by atoms with van der Waals surface area (Å²) in [6.45, 7) is 0.456. The third-order valence-corrected chi connectivity index (χ3v) is 5.59. The van der Waals surface area contributed by atoms with E-state index >= 15 is 0 Å². The van der Waals surface area contributed by atoms with Crippen molar-refractivity contribution in [2.45, 2.75) is 18.4 Å². The van der Waals surface area contributed by atoms with Crippen LogP contribution in [0.3, 0.4) is 0 Å². The van der Waals surface area contributed by atoms with Gasteiger partial charge in [0.05, 0.1) is 12.3 Å². The van der Waals surface area contributed by atoms with Crippen LogP contribution in [-0.4, -0.2) is 46.5 Å². The number of hydrogen-bond donors (Lipinski definition) is 3. The molecule has 8 heteroatoms. The van der Waals surface area contributed by atoms with E-state index in [-0.39, 0.29) is 6.61 Å². The molecule has 7 nitrogen and oxygen atoms in total. The molecular weight excluding hydrogens is 404 g/mol. The topological polar surface area (TPSA) is 82.2 Å². The molecule has 2 aliphatic rings. The minimum absolute atomic E-state index is 0.0815. The predicted molar refractivity (Wildman–Crippen MR) is 117 cm³/mol. The summed E-state index contributed by atoms with van der Waals surface area (Å²) in [5, 5.41) is 23.1. The maximum absolute atomic E-state index is 10.5. The Morgan fingerprint density at radius 1 is 1.07 bits per heavy atom. The number of aliphatic hydroxyl groups is 2. The lowest BCUT2D eigenvalue weighted by Crippen LogP contribution is -2.37. The highest BCUT2D eigenvalue weighted by atomic mass is 35.5. The summed E-state index contributed by atoms with van der Waals surface area (Å²) in [5.41, 5.74) is 7.11. The molecule has 2 aromatic carbocycles. The van der Waals surface area contributed by atoms with Gasteiger partial charge in [0.2, 0.25) is 0 Å². The summed E-state index contributed by atoms with van der Waals surface area (Å²) in [4.78, 5) is 4.52. The second kappa shape index (κ2) is 7.77. The highest BCUT2D eigenvalue weighted by Crippen LogP contribution is 2.39. The second-order valence-electron chi connectivity index (χ2n) is 7.34. The van der Waals surface area contributed by atoms with Crippen molar-refractivity contribution in [2.24, 2.45) is 4.99 Å². The van der Waals surface area contributed by atoms with E-state index in [1.54, 1.807) is 0 Å². The Bertz CT molecular complexity index is 1070. The molecule has 0 bridgehead atoms. The minimum Gasteiger partial charge on any atom is -0.388 e. The Kier molecular flexibility index (Phi) is 4.96. The van der Waals surface area contributed by atoms with Crippen LogP contribution in [0.2, 0.25) is 5.02 Å². The van der Waals surface area contributed by atoms with Gasteiger partial charge in [0.1, 0.15) is 24.7 Å². The van der Waals surface area contributed by atoms with Gasteiger partial charge in [-0.25, -0.2) is 5.01 Å². The van der Waals surface area contributed by atoms with Crippen molar-refractivity contribution in [2.75, 3.05) is 23.7 Å². The maximum Gasteiger partial charge on any atom is 0.164 e. The van der Waals surface area contributed by atoms with Gasteiger partial charge in [0, 0.05) is 28.6 Å². The molecule has 30 heavy (non-hydrogen) atoms. The van der Waals surface area contributed by atoms with Gasteiger partial charge >= 0.3 is 0 Å². The van der Waals surface area contributed by atoms with Gasteiger partial charge in [0.25, 0.3) is 0 Å². The molecule has 3 heterocycles. The smallest absolute Gasteiger partial charge is 0.164 e. The Morgan fingerprint density at radius 3 is 2.53 bits per heavy atom. The van der Waals surface area contributed by atoms with Crippen LogP contribution in [0.4, 0.5) is 11.5 Å². The monoisotopic (exact) mass is 424 g/mol. The van der Waals surface area contributed by atoms with Gasteiger partial charge in [0.15, 0.2) is 6.23 Å². The lowest BCUT2D eigenvalue weighted by atomic mass is 10.0. The molecule has 2 aliphatic heterocycles. The van der Waals surface area contributed by atoms with Crippen LogP contribution in [0.15, 0.2) is 65.8 Å². The van der Waals surface area contributed by atoms with Crippen molar-refractivity contribution in [1.82, 2.24) is 4.57 Å². The first kappa shape index (κ1) is 19.1. The van der Waals surface area contributed by atoms with Gasteiger partial charge in [-0.1, -0.05) is 41.9 Å². The van der Waals surface area contributed by atoms with E-state index in [4.69, 9.17) is 16.3 Å². The zero-order valence-electron chi connectivity index (χ0n) is 16.0. The lowest BCUT2D eigenvalue weighted by Gasteiger charge is -2.31. The Hall–Kier alpha value is -2.84. The number of halogens is 1. The molecule has 3 N–H and O–H groups in total. The van der Waals surface area contributed by atoms with Crippen LogP contribution in [0, 0.1) is 0 Å². The maximum atomic E-state index is 10.5. The van der Waals surface area contributed by atoms with Crippen LogP contribution < -0.4 is 10.4 Å². The van der Waals surface area contributed by atoms with Gasteiger partial charge in [-0.15, -0.1) is 0 Å². The predicted octanol–water partition coefficient (Wildman–Crippen LogP) is 3.28. The number of nitrogens with zero attached hydrogens (tertiary/aromatic N) is 3. The fourth-order valence-corrected chi connectivity index (χ4v) is 3.99. The number of nitrogens with one attached hydrogen (secondary N) is 1. The third-order valence-electron chi connectivity index (χ3n) is 5.33. The van der Waals surface area contributed by atoms with Crippen molar-refractivity contribution >= 4 is 29.3 Å². The zero-order chi connectivity index (χ0) is 20.7. The molecule has 0 unspecified atom stereocenters. The molecule has 154 valence electrons. The van der Waals surface area contributed by atoms with Crippen LogP contribution in [-0.2, 0) is 4.74 Å². The molecule has 1 aromatic heterocycles. The van der Waals surface area contributed by atoms with Gasteiger partial charge < -0.3 is 19.5 Å². The van der Waals surface area contributed by atoms with Crippen molar-refractivity contribution in [3.63, 3.8) is 0 Å². The quantitative estimate of drug-likeness (QED) is 0.598. The summed E-state index contributed by atoms with van der Waals surface area (Å²) in [6.07, 6.45) is 1.13. The van der Waals surface area contributed by atoms with Crippen LogP contribution in [0.5, 0.6) is 0 Å². The van der Waals surface area contributed by atoms with E-state index in [0.29, 0.717) is 11.7 Å². The van der Waals surface area contributed by atoms with Crippen molar-refractivity contribution in [1.29, 1.82) is 0 Å².